The lowest BCUT2D eigenvalue weighted by Gasteiger charge is -2.14. The van der Waals surface area contributed by atoms with Crippen LogP contribution in [-0.4, -0.2) is 35.5 Å². The van der Waals surface area contributed by atoms with Gasteiger partial charge in [-0.15, -0.1) is 0 Å². The lowest BCUT2D eigenvalue weighted by molar-refractivity contribution is -0.147. The van der Waals surface area contributed by atoms with Crippen LogP contribution >= 0.6 is 0 Å². The highest BCUT2D eigenvalue weighted by Crippen LogP contribution is 2.36. The molecular formula is C31H38O4. The molecule has 1 atom stereocenters. The smallest absolute Gasteiger partial charge is 0.305 e. The molecular weight excluding hydrogens is 436 g/mol. The SMILES string of the molecule is O=C(CCCCCCCCCCCc1ccc2ccc3cccc4ccc1c2c34)OC[C@H](O)CO. The molecule has 0 spiro atoms. The van der Waals surface area contributed by atoms with E-state index in [0.29, 0.717) is 6.42 Å². The fourth-order valence-corrected chi connectivity index (χ4v) is 5.15. The van der Waals surface area contributed by atoms with Crippen LogP contribution in [0.5, 0.6) is 0 Å². The van der Waals surface area contributed by atoms with Crippen molar-refractivity contribution in [3.8, 4) is 0 Å². The van der Waals surface area contributed by atoms with E-state index in [2.05, 4.69) is 54.6 Å². The Morgan fingerprint density at radius 1 is 0.714 bits per heavy atom. The monoisotopic (exact) mass is 474 g/mol. The summed E-state index contributed by atoms with van der Waals surface area (Å²) in [5.41, 5.74) is 1.47. The van der Waals surface area contributed by atoms with Crippen molar-refractivity contribution in [1.82, 2.24) is 0 Å². The Morgan fingerprint density at radius 3 is 1.97 bits per heavy atom. The summed E-state index contributed by atoms with van der Waals surface area (Å²) in [6, 6.07) is 20.3. The number of aliphatic hydroxyl groups is 2. The van der Waals surface area contributed by atoms with Crippen molar-refractivity contribution in [3.63, 3.8) is 0 Å². The highest BCUT2D eigenvalue weighted by molar-refractivity contribution is 6.23. The molecule has 0 aliphatic rings. The number of unbranched alkanes of at least 4 members (excludes halogenated alkanes) is 8. The van der Waals surface area contributed by atoms with Gasteiger partial charge in [-0.3, -0.25) is 4.79 Å². The Morgan fingerprint density at radius 2 is 1.29 bits per heavy atom. The summed E-state index contributed by atoms with van der Waals surface area (Å²) in [6.45, 7) is -0.501. The van der Waals surface area contributed by atoms with Gasteiger partial charge in [-0.05, 0) is 57.1 Å². The number of carbonyl (C=O) groups excluding carboxylic acids is 1. The average Bonchev–Trinajstić information content (AvgIpc) is 2.89. The molecule has 0 amide bonds. The number of benzene rings is 4. The van der Waals surface area contributed by atoms with Crippen molar-refractivity contribution >= 4 is 38.3 Å². The van der Waals surface area contributed by atoms with Crippen LogP contribution in [0.1, 0.15) is 69.8 Å². The summed E-state index contributed by atoms with van der Waals surface area (Å²) >= 11 is 0. The zero-order valence-corrected chi connectivity index (χ0v) is 20.7. The van der Waals surface area contributed by atoms with E-state index < -0.39 is 6.10 Å². The largest absolute Gasteiger partial charge is 0.463 e. The van der Waals surface area contributed by atoms with E-state index in [0.717, 1.165) is 25.7 Å². The van der Waals surface area contributed by atoms with Crippen molar-refractivity contribution in [1.29, 1.82) is 0 Å². The average molecular weight is 475 g/mol. The molecule has 4 heteroatoms. The maximum absolute atomic E-state index is 11.5. The van der Waals surface area contributed by atoms with Gasteiger partial charge in [0.1, 0.15) is 12.7 Å². The van der Waals surface area contributed by atoms with Gasteiger partial charge in [-0.2, -0.15) is 0 Å². The molecule has 35 heavy (non-hydrogen) atoms. The number of esters is 1. The third-order valence-corrected chi connectivity index (χ3v) is 7.09. The normalized spacial score (nSPS) is 12.6. The number of carbonyl (C=O) groups is 1. The molecule has 0 heterocycles. The van der Waals surface area contributed by atoms with Crippen LogP contribution in [0.3, 0.4) is 0 Å². The highest BCUT2D eigenvalue weighted by Gasteiger charge is 2.10. The zero-order chi connectivity index (χ0) is 24.5. The van der Waals surface area contributed by atoms with E-state index in [-0.39, 0.29) is 19.2 Å². The van der Waals surface area contributed by atoms with E-state index in [9.17, 15) is 9.90 Å². The van der Waals surface area contributed by atoms with Crippen LogP contribution in [0.4, 0.5) is 0 Å². The third-order valence-electron chi connectivity index (χ3n) is 7.09. The number of rotatable bonds is 15. The van der Waals surface area contributed by atoms with Gasteiger partial charge >= 0.3 is 5.97 Å². The standard InChI is InChI=1S/C31H38O4/c32-21-27(33)22-35-29(34)14-9-7-5-3-1-2-4-6-8-11-23-15-16-26-18-17-24-12-10-13-25-19-20-28(23)31(26)30(24)25/h10,12-13,15-20,27,32-33H,1-9,11,14,21-22H2/t27-/m1/s1. The maximum atomic E-state index is 11.5. The predicted molar refractivity (Wildman–Crippen MR) is 144 cm³/mol. The summed E-state index contributed by atoms with van der Waals surface area (Å²) in [5, 5.41) is 26.1. The molecule has 0 unspecified atom stereocenters. The van der Waals surface area contributed by atoms with Gasteiger partial charge in [0, 0.05) is 6.42 Å². The highest BCUT2D eigenvalue weighted by atomic mass is 16.5. The van der Waals surface area contributed by atoms with Gasteiger partial charge in [0.2, 0.25) is 0 Å². The summed E-state index contributed by atoms with van der Waals surface area (Å²) in [6.07, 6.45) is 11.1. The van der Waals surface area contributed by atoms with E-state index in [1.54, 1.807) is 0 Å². The van der Waals surface area contributed by atoms with Crippen molar-refractivity contribution in [2.75, 3.05) is 13.2 Å². The molecule has 0 fully saturated rings. The van der Waals surface area contributed by atoms with Crippen LogP contribution in [0.2, 0.25) is 0 Å². The first-order valence-corrected chi connectivity index (χ1v) is 13.3. The number of aliphatic hydroxyl groups excluding tert-OH is 2. The summed E-state index contributed by atoms with van der Waals surface area (Å²) < 4.78 is 4.91. The molecule has 0 bridgehead atoms. The van der Waals surface area contributed by atoms with Crippen LogP contribution in [0.25, 0.3) is 32.3 Å². The maximum Gasteiger partial charge on any atom is 0.305 e. The Bertz CT molecular complexity index is 1200. The molecule has 186 valence electrons. The van der Waals surface area contributed by atoms with E-state index in [4.69, 9.17) is 9.84 Å². The van der Waals surface area contributed by atoms with E-state index >= 15 is 0 Å². The molecule has 0 aromatic heterocycles. The molecule has 0 aliphatic carbocycles. The third kappa shape index (κ3) is 6.71. The van der Waals surface area contributed by atoms with Crippen molar-refractivity contribution in [3.05, 3.63) is 60.2 Å². The van der Waals surface area contributed by atoms with Crippen LogP contribution < -0.4 is 0 Å². The molecule has 0 saturated carbocycles. The van der Waals surface area contributed by atoms with Crippen LogP contribution in [-0.2, 0) is 16.0 Å². The van der Waals surface area contributed by atoms with Gasteiger partial charge in [-0.25, -0.2) is 0 Å². The lowest BCUT2D eigenvalue weighted by Crippen LogP contribution is -2.21. The molecule has 2 N–H and O–H groups in total. The van der Waals surface area contributed by atoms with E-state index in [1.165, 1.54) is 76.4 Å². The number of hydrogen-bond donors (Lipinski definition) is 2. The van der Waals surface area contributed by atoms with E-state index in [1.807, 2.05) is 0 Å². The Balaban J connectivity index is 1.11. The molecule has 4 aromatic carbocycles. The van der Waals surface area contributed by atoms with Gasteiger partial charge in [-0.1, -0.05) is 99.5 Å². The minimum Gasteiger partial charge on any atom is -0.463 e. The Labute approximate surface area is 208 Å². The predicted octanol–water partition coefficient (Wildman–Crippen LogP) is 6.92. The van der Waals surface area contributed by atoms with Crippen molar-refractivity contribution in [2.45, 2.75) is 76.7 Å². The molecule has 0 radical (unpaired) electrons. The molecule has 4 rings (SSSR count). The van der Waals surface area contributed by atoms with Gasteiger partial charge in [0.15, 0.2) is 0 Å². The molecule has 4 nitrogen and oxygen atoms in total. The number of hydrogen-bond acceptors (Lipinski definition) is 4. The van der Waals surface area contributed by atoms with Crippen molar-refractivity contribution < 1.29 is 19.7 Å². The topological polar surface area (TPSA) is 66.8 Å². The van der Waals surface area contributed by atoms with Crippen LogP contribution in [0, 0.1) is 0 Å². The fraction of sp³-hybridized carbons (Fsp3) is 0.452. The molecule has 4 aromatic rings. The minimum absolute atomic E-state index is 0.119. The van der Waals surface area contributed by atoms with Crippen LogP contribution in [0.15, 0.2) is 54.6 Å². The second-order valence-electron chi connectivity index (χ2n) is 9.78. The fourth-order valence-electron chi connectivity index (χ4n) is 5.15. The zero-order valence-electron chi connectivity index (χ0n) is 20.7. The van der Waals surface area contributed by atoms with Gasteiger partial charge in [0.25, 0.3) is 0 Å². The summed E-state index contributed by atoms with van der Waals surface area (Å²) in [4.78, 5) is 11.5. The quantitative estimate of drug-likeness (QED) is 0.111. The Hall–Kier alpha value is -2.69. The molecule has 0 saturated heterocycles. The summed E-state index contributed by atoms with van der Waals surface area (Å²) in [7, 11) is 0. The van der Waals surface area contributed by atoms with Crippen molar-refractivity contribution in [2.24, 2.45) is 0 Å². The minimum atomic E-state index is -0.972. The van der Waals surface area contributed by atoms with Gasteiger partial charge in [0.05, 0.1) is 6.61 Å². The second kappa shape index (κ2) is 12.9. The number of aryl methyl sites for hydroxylation is 1. The first-order chi connectivity index (χ1) is 17.2. The first-order valence-electron chi connectivity index (χ1n) is 13.3. The Kier molecular flexibility index (Phi) is 9.33. The molecule has 0 aliphatic heterocycles. The van der Waals surface area contributed by atoms with Gasteiger partial charge < -0.3 is 14.9 Å². The second-order valence-corrected chi connectivity index (χ2v) is 9.78. The number of ether oxygens (including phenoxy) is 1. The lowest BCUT2D eigenvalue weighted by atomic mass is 9.90. The summed E-state index contributed by atoms with van der Waals surface area (Å²) in [5.74, 6) is -0.290. The first kappa shape index (κ1) is 25.4.